The monoisotopic (exact) mass is 308 g/mol. The van der Waals surface area contributed by atoms with Gasteiger partial charge < -0.3 is 10.1 Å². The summed E-state index contributed by atoms with van der Waals surface area (Å²) in [6.07, 6.45) is 1.86. The van der Waals surface area contributed by atoms with E-state index in [1.165, 1.54) is 6.07 Å². The molecule has 1 aromatic carbocycles. The SMILES string of the molecule is CNCC(=O)C1CCC(C)CN1Cc1c(F)cccc1OC. The van der Waals surface area contributed by atoms with Crippen LogP contribution in [0.15, 0.2) is 18.2 Å². The Hall–Kier alpha value is -1.46. The Kier molecular flexibility index (Phi) is 5.91. The second-order valence-corrected chi connectivity index (χ2v) is 6.05. The molecule has 1 fully saturated rings. The smallest absolute Gasteiger partial charge is 0.163 e. The van der Waals surface area contributed by atoms with Gasteiger partial charge in [0.1, 0.15) is 11.6 Å². The summed E-state index contributed by atoms with van der Waals surface area (Å²) in [6, 6.07) is 4.69. The number of piperidine rings is 1. The zero-order valence-electron chi connectivity index (χ0n) is 13.6. The first-order chi connectivity index (χ1) is 10.6. The molecule has 122 valence electrons. The van der Waals surface area contributed by atoms with E-state index >= 15 is 0 Å². The lowest BCUT2D eigenvalue weighted by Crippen LogP contribution is -2.49. The van der Waals surface area contributed by atoms with Crippen molar-refractivity contribution in [3.05, 3.63) is 29.6 Å². The van der Waals surface area contributed by atoms with E-state index in [1.807, 2.05) is 0 Å². The minimum Gasteiger partial charge on any atom is -0.496 e. The van der Waals surface area contributed by atoms with Gasteiger partial charge in [0.25, 0.3) is 0 Å². The minimum atomic E-state index is -0.280. The molecule has 1 aliphatic heterocycles. The van der Waals surface area contributed by atoms with Gasteiger partial charge >= 0.3 is 0 Å². The van der Waals surface area contributed by atoms with Crippen molar-refractivity contribution in [2.45, 2.75) is 32.4 Å². The highest BCUT2D eigenvalue weighted by molar-refractivity contribution is 5.86. The van der Waals surface area contributed by atoms with Crippen LogP contribution in [-0.4, -0.2) is 44.0 Å². The lowest BCUT2D eigenvalue weighted by molar-refractivity contribution is -0.125. The Morgan fingerprint density at radius 3 is 2.91 bits per heavy atom. The fourth-order valence-corrected chi connectivity index (χ4v) is 3.16. The third kappa shape index (κ3) is 3.84. The van der Waals surface area contributed by atoms with E-state index < -0.39 is 0 Å². The van der Waals surface area contributed by atoms with Crippen LogP contribution in [0.2, 0.25) is 0 Å². The van der Waals surface area contributed by atoms with Crippen LogP contribution in [0, 0.1) is 11.7 Å². The molecule has 1 saturated heterocycles. The van der Waals surface area contributed by atoms with Gasteiger partial charge in [0.05, 0.1) is 19.7 Å². The number of halogens is 1. The summed E-state index contributed by atoms with van der Waals surface area (Å²) in [4.78, 5) is 14.4. The van der Waals surface area contributed by atoms with Gasteiger partial charge in [-0.25, -0.2) is 4.39 Å². The van der Waals surface area contributed by atoms with Crippen LogP contribution < -0.4 is 10.1 Å². The van der Waals surface area contributed by atoms with Gasteiger partial charge in [-0.1, -0.05) is 13.0 Å². The van der Waals surface area contributed by atoms with Crippen LogP contribution in [0.4, 0.5) is 4.39 Å². The number of ether oxygens (including phenoxy) is 1. The third-order valence-electron chi connectivity index (χ3n) is 4.30. The number of hydrogen-bond acceptors (Lipinski definition) is 4. The van der Waals surface area contributed by atoms with Gasteiger partial charge in [-0.3, -0.25) is 9.69 Å². The van der Waals surface area contributed by atoms with E-state index in [9.17, 15) is 9.18 Å². The Bertz CT molecular complexity index is 521. The maximum atomic E-state index is 14.2. The number of rotatable bonds is 6. The molecule has 0 spiro atoms. The lowest BCUT2D eigenvalue weighted by Gasteiger charge is -2.38. The lowest BCUT2D eigenvalue weighted by atomic mass is 9.91. The molecule has 2 atom stereocenters. The van der Waals surface area contributed by atoms with E-state index in [0.29, 0.717) is 30.3 Å². The summed E-state index contributed by atoms with van der Waals surface area (Å²) in [5.41, 5.74) is 0.529. The molecule has 2 unspecified atom stereocenters. The van der Waals surface area contributed by atoms with Crippen molar-refractivity contribution >= 4 is 5.78 Å². The largest absolute Gasteiger partial charge is 0.496 e. The van der Waals surface area contributed by atoms with Gasteiger partial charge in [0.2, 0.25) is 0 Å². The predicted octanol–water partition coefficient (Wildman–Crippen LogP) is 2.22. The maximum Gasteiger partial charge on any atom is 0.163 e. The topological polar surface area (TPSA) is 41.6 Å². The second-order valence-electron chi connectivity index (χ2n) is 6.05. The van der Waals surface area contributed by atoms with E-state index in [4.69, 9.17) is 4.74 Å². The Morgan fingerprint density at radius 1 is 1.45 bits per heavy atom. The number of carbonyl (C=O) groups is 1. The molecule has 1 aromatic rings. The molecular weight excluding hydrogens is 283 g/mol. The van der Waals surface area contributed by atoms with E-state index in [0.717, 1.165) is 19.4 Å². The average molecular weight is 308 g/mol. The van der Waals surface area contributed by atoms with Crippen molar-refractivity contribution in [1.29, 1.82) is 0 Å². The third-order valence-corrected chi connectivity index (χ3v) is 4.30. The predicted molar refractivity (Wildman–Crippen MR) is 84.5 cm³/mol. The molecule has 0 amide bonds. The number of likely N-dealkylation sites (tertiary alicyclic amines) is 1. The number of carbonyl (C=O) groups excluding carboxylic acids is 1. The Labute approximate surface area is 131 Å². The van der Waals surface area contributed by atoms with Crippen LogP contribution in [0.25, 0.3) is 0 Å². The molecule has 2 rings (SSSR count). The second kappa shape index (κ2) is 7.70. The van der Waals surface area contributed by atoms with Crippen molar-refractivity contribution in [3.8, 4) is 5.75 Å². The van der Waals surface area contributed by atoms with Crippen LogP contribution in [-0.2, 0) is 11.3 Å². The molecular formula is C17H25FN2O2. The first-order valence-corrected chi connectivity index (χ1v) is 7.79. The summed E-state index contributed by atoms with van der Waals surface area (Å²) >= 11 is 0. The number of benzene rings is 1. The highest BCUT2D eigenvalue weighted by Crippen LogP contribution is 2.28. The van der Waals surface area contributed by atoms with E-state index in [1.54, 1.807) is 26.3 Å². The van der Waals surface area contributed by atoms with Crippen molar-refractivity contribution in [1.82, 2.24) is 10.2 Å². The van der Waals surface area contributed by atoms with Crippen molar-refractivity contribution in [2.75, 3.05) is 27.2 Å². The Balaban J connectivity index is 2.22. The standard InChI is InChI=1S/C17H25FN2O2/c1-12-7-8-15(16(21)9-19-2)20(10-12)11-13-14(18)5-4-6-17(13)22-3/h4-6,12,15,19H,7-11H2,1-3H3. The number of Topliss-reactive ketones (excluding diaryl/α,β-unsaturated/α-hetero) is 1. The number of nitrogens with zero attached hydrogens (tertiary/aromatic N) is 1. The molecule has 0 saturated carbocycles. The number of ketones is 1. The maximum absolute atomic E-state index is 14.2. The molecule has 0 aromatic heterocycles. The molecule has 0 aliphatic carbocycles. The summed E-state index contributed by atoms with van der Waals surface area (Å²) in [5, 5.41) is 2.92. The normalized spacial score (nSPS) is 22.5. The molecule has 0 radical (unpaired) electrons. The highest BCUT2D eigenvalue weighted by atomic mass is 19.1. The molecule has 1 N–H and O–H groups in total. The fraction of sp³-hybridized carbons (Fsp3) is 0.588. The quantitative estimate of drug-likeness (QED) is 0.875. The zero-order valence-corrected chi connectivity index (χ0v) is 13.6. The van der Waals surface area contributed by atoms with Gasteiger partial charge in [0.15, 0.2) is 5.78 Å². The Morgan fingerprint density at radius 2 is 2.23 bits per heavy atom. The van der Waals surface area contributed by atoms with Crippen LogP contribution in [0.3, 0.4) is 0 Å². The fourth-order valence-electron chi connectivity index (χ4n) is 3.16. The number of hydrogen-bond donors (Lipinski definition) is 1. The van der Waals surface area contributed by atoms with Gasteiger partial charge in [0, 0.05) is 18.7 Å². The molecule has 1 heterocycles. The van der Waals surface area contributed by atoms with Crippen LogP contribution >= 0.6 is 0 Å². The summed E-state index contributed by atoms with van der Waals surface area (Å²) in [6.45, 7) is 3.73. The molecule has 4 nitrogen and oxygen atoms in total. The van der Waals surface area contributed by atoms with Gasteiger partial charge in [-0.05, 0) is 37.9 Å². The summed E-state index contributed by atoms with van der Waals surface area (Å²) in [5.74, 6) is 0.941. The van der Waals surface area contributed by atoms with Crippen LogP contribution in [0.1, 0.15) is 25.3 Å². The van der Waals surface area contributed by atoms with Gasteiger partial charge in [-0.15, -0.1) is 0 Å². The molecule has 0 bridgehead atoms. The van der Waals surface area contributed by atoms with E-state index in [-0.39, 0.29) is 17.6 Å². The highest BCUT2D eigenvalue weighted by Gasteiger charge is 2.31. The minimum absolute atomic E-state index is 0.145. The molecule has 1 aliphatic rings. The van der Waals surface area contributed by atoms with Crippen LogP contribution in [0.5, 0.6) is 5.75 Å². The first-order valence-electron chi connectivity index (χ1n) is 7.79. The zero-order chi connectivity index (χ0) is 16.1. The first kappa shape index (κ1) is 16.9. The van der Waals surface area contributed by atoms with Crippen molar-refractivity contribution in [2.24, 2.45) is 5.92 Å². The van der Waals surface area contributed by atoms with Gasteiger partial charge in [-0.2, -0.15) is 0 Å². The van der Waals surface area contributed by atoms with Crippen molar-refractivity contribution < 1.29 is 13.9 Å². The number of likely N-dealkylation sites (N-methyl/N-ethyl adjacent to an activating group) is 1. The number of nitrogens with one attached hydrogen (secondary N) is 1. The van der Waals surface area contributed by atoms with E-state index in [2.05, 4.69) is 17.1 Å². The molecule has 22 heavy (non-hydrogen) atoms. The van der Waals surface area contributed by atoms with Crippen molar-refractivity contribution in [3.63, 3.8) is 0 Å². The summed E-state index contributed by atoms with van der Waals surface area (Å²) < 4.78 is 19.4. The average Bonchev–Trinajstić information content (AvgIpc) is 2.49. The number of methoxy groups -OCH3 is 1. The molecule has 5 heteroatoms. The summed E-state index contributed by atoms with van der Waals surface area (Å²) in [7, 11) is 3.31.